The Bertz CT molecular complexity index is 602. The molecule has 1 aromatic carbocycles. The summed E-state index contributed by atoms with van der Waals surface area (Å²) < 4.78 is 31.7. The molecule has 6 heteroatoms. The van der Waals surface area contributed by atoms with Gasteiger partial charge in [-0.15, -0.1) is 0 Å². The average Bonchev–Trinajstić information content (AvgIpc) is 2.92. The lowest BCUT2D eigenvalue weighted by molar-refractivity contribution is 0.483. The predicted octanol–water partition coefficient (Wildman–Crippen LogP) is 2.48. The maximum Gasteiger partial charge on any atom is 0.294 e. The number of nitrogens with zero attached hydrogens (tertiary/aromatic N) is 2. The molecule has 1 heterocycles. The summed E-state index contributed by atoms with van der Waals surface area (Å²) in [6, 6.07) is 5.78. The van der Waals surface area contributed by atoms with Crippen LogP contribution in [0.1, 0.15) is 12.5 Å². The lowest BCUT2D eigenvalue weighted by Crippen LogP contribution is -1.96. The zero-order chi connectivity index (χ0) is 14.3. The lowest BCUT2D eigenvalue weighted by Gasteiger charge is -1.96. The van der Waals surface area contributed by atoms with Gasteiger partial charge in [0, 0.05) is 18.9 Å². The van der Waals surface area contributed by atoms with Crippen LogP contribution in [0.15, 0.2) is 54.5 Å². The van der Waals surface area contributed by atoms with Crippen LogP contribution >= 0.6 is 0 Å². The standard InChI is InChI=1S/C8H8O3S.C5H8N2/c1-2-7-3-5-8(6-4-7)12(9,10)11;1-2-7-4-3-6-5-7/h2-6H,1H2,(H,9,10,11);3-5H,2H2,1H3. The molecule has 2 aromatic rings. The summed E-state index contributed by atoms with van der Waals surface area (Å²) in [5.41, 5.74) is 0.808. The molecule has 1 aromatic heterocycles. The third-order valence-corrected chi connectivity index (χ3v) is 3.21. The first-order chi connectivity index (χ1) is 8.97. The molecule has 0 aliphatic carbocycles. The Labute approximate surface area is 113 Å². The number of hydrogen-bond donors (Lipinski definition) is 1. The molecule has 0 bridgehead atoms. The Hall–Kier alpha value is -1.92. The van der Waals surface area contributed by atoms with Crippen LogP contribution in [0.2, 0.25) is 0 Å². The van der Waals surface area contributed by atoms with Crippen molar-refractivity contribution in [3.8, 4) is 0 Å². The summed E-state index contributed by atoms with van der Waals surface area (Å²) in [5, 5.41) is 0. The number of hydrogen-bond acceptors (Lipinski definition) is 3. The molecule has 102 valence electrons. The number of aromatic nitrogens is 2. The van der Waals surface area contributed by atoms with Gasteiger partial charge in [-0.25, -0.2) is 4.98 Å². The quantitative estimate of drug-likeness (QED) is 0.877. The summed E-state index contributed by atoms with van der Waals surface area (Å²) in [6.45, 7) is 6.61. The SMILES string of the molecule is C=Cc1ccc(S(=O)(=O)O)cc1.CCn1ccnc1. The minimum absolute atomic E-state index is 0.104. The molecule has 0 amide bonds. The van der Waals surface area contributed by atoms with Crippen molar-refractivity contribution in [3.63, 3.8) is 0 Å². The van der Waals surface area contributed by atoms with Crippen LogP contribution in [0.25, 0.3) is 6.08 Å². The van der Waals surface area contributed by atoms with Crippen LogP contribution in [0.4, 0.5) is 0 Å². The van der Waals surface area contributed by atoms with Crippen molar-refractivity contribution in [1.29, 1.82) is 0 Å². The van der Waals surface area contributed by atoms with Crippen molar-refractivity contribution in [3.05, 3.63) is 55.1 Å². The fourth-order valence-corrected chi connectivity index (χ4v) is 1.73. The van der Waals surface area contributed by atoms with Crippen molar-refractivity contribution in [2.24, 2.45) is 0 Å². The van der Waals surface area contributed by atoms with Crippen molar-refractivity contribution in [2.75, 3.05) is 0 Å². The molecule has 0 saturated heterocycles. The van der Waals surface area contributed by atoms with E-state index in [4.69, 9.17) is 4.55 Å². The Morgan fingerprint density at radius 1 is 1.37 bits per heavy atom. The van der Waals surface area contributed by atoms with E-state index in [1.54, 1.807) is 30.7 Å². The van der Waals surface area contributed by atoms with Crippen LogP contribution in [-0.4, -0.2) is 22.5 Å². The zero-order valence-electron chi connectivity index (χ0n) is 10.6. The second-order valence-electron chi connectivity index (χ2n) is 3.64. The smallest absolute Gasteiger partial charge is 0.294 e. The van der Waals surface area contributed by atoms with Crippen LogP contribution in [0.5, 0.6) is 0 Å². The van der Waals surface area contributed by atoms with E-state index in [1.807, 2.05) is 10.8 Å². The molecular formula is C13H16N2O3S. The molecule has 0 saturated carbocycles. The number of imidazole rings is 1. The number of aryl methyl sites for hydroxylation is 1. The summed E-state index contributed by atoms with van der Waals surface area (Å²) in [7, 11) is -4.06. The molecule has 0 aliphatic heterocycles. The molecule has 0 fully saturated rings. The summed E-state index contributed by atoms with van der Waals surface area (Å²) in [5.74, 6) is 0. The Balaban J connectivity index is 0.000000218. The minimum Gasteiger partial charge on any atom is -0.338 e. The Kier molecular flexibility index (Phi) is 5.47. The predicted molar refractivity (Wildman–Crippen MR) is 74.2 cm³/mol. The fraction of sp³-hybridized carbons (Fsp3) is 0.154. The van der Waals surface area contributed by atoms with Gasteiger partial charge >= 0.3 is 0 Å². The second-order valence-corrected chi connectivity index (χ2v) is 5.06. The third-order valence-electron chi connectivity index (χ3n) is 2.34. The molecule has 5 nitrogen and oxygen atoms in total. The molecule has 2 rings (SSSR count). The van der Waals surface area contributed by atoms with Gasteiger partial charge in [0.15, 0.2) is 0 Å². The van der Waals surface area contributed by atoms with E-state index in [9.17, 15) is 8.42 Å². The Morgan fingerprint density at radius 3 is 2.32 bits per heavy atom. The molecule has 0 radical (unpaired) electrons. The highest BCUT2D eigenvalue weighted by Gasteiger charge is 2.07. The van der Waals surface area contributed by atoms with Gasteiger partial charge in [0.25, 0.3) is 10.1 Å². The van der Waals surface area contributed by atoms with Crippen molar-refractivity contribution < 1.29 is 13.0 Å². The van der Waals surface area contributed by atoms with Gasteiger partial charge in [-0.05, 0) is 24.6 Å². The number of benzene rings is 1. The summed E-state index contributed by atoms with van der Waals surface area (Å²) in [6.07, 6.45) is 7.12. The van der Waals surface area contributed by atoms with E-state index >= 15 is 0 Å². The normalized spacial score (nSPS) is 10.4. The lowest BCUT2D eigenvalue weighted by atomic mass is 10.2. The molecule has 0 unspecified atom stereocenters. The molecule has 0 atom stereocenters. The summed E-state index contributed by atoms with van der Waals surface area (Å²) in [4.78, 5) is 3.75. The first-order valence-corrected chi connectivity index (χ1v) is 7.07. The van der Waals surface area contributed by atoms with E-state index in [2.05, 4.69) is 18.5 Å². The molecule has 0 spiro atoms. The molecule has 19 heavy (non-hydrogen) atoms. The fourth-order valence-electron chi connectivity index (χ4n) is 1.25. The maximum absolute atomic E-state index is 10.6. The highest BCUT2D eigenvalue weighted by atomic mass is 32.2. The molecule has 0 aliphatic rings. The van der Waals surface area contributed by atoms with Crippen LogP contribution in [-0.2, 0) is 16.7 Å². The third kappa shape index (κ3) is 5.07. The zero-order valence-corrected chi connectivity index (χ0v) is 11.4. The van der Waals surface area contributed by atoms with Crippen molar-refractivity contribution in [2.45, 2.75) is 18.4 Å². The van der Waals surface area contributed by atoms with Gasteiger partial charge in [-0.2, -0.15) is 8.42 Å². The van der Waals surface area contributed by atoms with E-state index in [1.165, 1.54) is 12.1 Å². The van der Waals surface area contributed by atoms with Gasteiger partial charge in [0.05, 0.1) is 11.2 Å². The van der Waals surface area contributed by atoms with Gasteiger partial charge in [0.1, 0.15) is 0 Å². The Morgan fingerprint density at radius 2 is 2.00 bits per heavy atom. The first kappa shape index (κ1) is 15.1. The van der Waals surface area contributed by atoms with Gasteiger partial charge in [-0.1, -0.05) is 24.8 Å². The highest BCUT2D eigenvalue weighted by Crippen LogP contribution is 2.10. The average molecular weight is 280 g/mol. The van der Waals surface area contributed by atoms with Crippen LogP contribution in [0.3, 0.4) is 0 Å². The molecule has 1 N–H and O–H groups in total. The van der Waals surface area contributed by atoms with Gasteiger partial charge in [-0.3, -0.25) is 4.55 Å². The van der Waals surface area contributed by atoms with E-state index in [0.717, 1.165) is 12.1 Å². The van der Waals surface area contributed by atoms with E-state index in [-0.39, 0.29) is 4.90 Å². The molecular weight excluding hydrogens is 264 g/mol. The van der Waals surface area contributed by atoms with E-state index < -0.39 is 10.1 Å². The van der Waals surface area contributed by atoms with Crippen LogP contribution < -0.4 is 0 Å². The minimum atomic E-state index is -4.06. The topological polar surface area (TPSA) is 72.2 Å². The first-order valence-electron chi connectivity index (χ1n) is 5.63. The monoisotopic (exact) mass is 280 g/mol. The van der Waals surface area contributed by atoms with Crippen molar-refractivity contribution in [1.82, 2.24) is 9.55 Å². The largest absolute Gasteiger partial charge is 0.338 e. The van der Waals surface area contributed by atoms with Crippen molar-refractivity contribution >= 4 is 16.2 Å². The highest BCUT2D eigenvalue weighted by molar-refractivity contribution is 7.85. The maximum atomic E-state index is 10.6. The van der Waals surface area contributed by atoms with Gasteiger partial charge < -0.3 is 4.57 Å². The van der Waals surface area contributed by atoms with Gasteiger partial charge in [0.2, 0.25) is 0 Å². The second kappa shape index (κ2) is 6.86. The number of rotatable bonds is 3. The summed E-state index contributed by atoms with van der Waals surface area (Å²) >= 11 is 0. The van der Waals surface area contributed by atoms with Crippen LogP contribution in [0, 0.1) is 0 Å². The van der Waals surface area contributed by atoms with E-state index in [0.29, 0.717) is 0 Å².